The number of rotatable bonds is 1. The summed E-state index contributed by atoms with van der Waals surface area (Å²) in [6.07, 6.45) is 1.77. The second-order valence-corrected chi connectivity index (χ2v) is 3.32. The Bertz CT molecular complexity index is 556. The summed E-state index contributed by atoms with van der Waals surface area (Å²) >= 11 is 0. The van der Waals surface area contributed by atoms with E-state index >= 15 is 0 Å². The Balaban J connectivity index is 0.000000963. The third kappa shape index (κ3) is 1.91. The molecule has 0 atom stereocenters. The van der Waals surface area contributed by atoms with Crippen LogP contribution in [0, 0.1) is 0 Å². The van der Waals surface area contributed by atoms with E-state index in [1.807, 2.05) is 42.5 Å². The van der Waals surface area contributed by atoms with Crippen molar-refractivity contribution < 1.29 is 21.1 Å². The van der Waals surface area contributed by atoms with Gasteiger partial charge in [0.05, 0.1) is 11.0 Å². The van der Waals surface area contributed by atoms with E-state index in [1.165, 1.54) is 0 Å². The van der Waals surface area contributed by atoms with Gasteiger partial charge in [0.15, 0.2) is 5.82 Å². The molecule has 82 valence electrons. The van der Waals surface area contributed by atoms with Gasteiger partial charge < -0.3 is 4.98 Å². The molecule has 16 heavy (non-hydrogen) atoms. The Morgan fingerprint density at radius 3 is 2.50 bits per heavy atom. The van der Waals surface area contributed by atoms with Crippen molar-refractivity contribution in [1.29, 1.82) is 0 Å². The number of para-hydroxylation sites is 2. The molecule has 0 fully saturated rings. The number of nitrogens with zero attached hydrogens (tertiary/aromatic N) is 2. The first kappa shape index (κ1) is 11.0. The van der Waals surface area contributed by atoms with Crippen LogP contribution in [-0.4, -0.2) is 15.0 Å². The molecule has 3 rings (SSSR count). The Morgan fingerprint density at radius 2 is 1.75 bits per heavy atom. The number of hydrogen-bond acceptors (Lipinski definition) is 2. The van der Waals surface area contributed by atoms with E-state index in [9.17, 15) is 0 Å². The fourth-order valence-corrected chi connectivity index (χ4v) is 1.58. The normalized spacial score (nSPS) is 10.0. The topological polar surface area (TPSA) is 41.6 Å². The van der Waals surface area contributed by atoms with Gasteiger partial charge in [0, 0.05) is 27.3 Å². The Morgan fingerprint density at radius 1 is 0.938 bits per heavy atom. The van der Waals surface area contributed by atoms with Crippen molar-refractivity contribution in [3.63, 3.8) is 0 Å². The van der Waals surface area contributed by atoms with Crippen molar-refractivity contribution in [2.24, 2.45) is 0 Å². The molecule has 0 spiro atoms. The summed E-state index contributed by atoms with van der Waals surface area (Å²) < 4.78 is 0. The van der Waals surface area contributed by atoms with Gasteiger partial charge in [-0.3, -0.25) is 4.98 Å². The van der Waals surface area contributed by atoms with Gasteiger partial charge in [-0.25, -0.2) is 4.98 Å². The molecule has 0 aliphatic rings. The van der Waals surface area contributed by atoms with Crippen molar-refractivity contribution in [3.05, 3.63) is 48.7 Å². The molecule has 0 aliphatic heterocycles. The minimum absolute atomic E-state index is 0. The van der Waals surface area contributed by atoms with Crippen LogP contribution < -0.4 is 0 Å². The molecule has 4 heteroatoms. The molecule has 0 bridgehead atoms. The number of pyridine rings is 1. The van der Waals surface area contributed by atoms with E-state index in [0.717, 1.165) is 22.6 Å². The van der Waals surface area contributed by atoms with Gasteiger partial charge >= 0.3 is 0 Å². The number of imidazole rings is 1. The van der Waals surface area contributed by atoms with Crippen molar-refractivity contribution in [2.45, 2.75) is 0 Å². The smallest absolute Gasteiger partial charge is 0.157 e. The van der Waals surface area contributed by atoms with Crippen molar-refractivity contribution in [2.75, 3.05) is 0 Å². The van der Waals surface area contributed by atoms with Crippen molar-refractivity contribution in [1.82, 2.24) is 15.0 Å². The minimum atomic E-state index is 0. The molecular formula is C12H9N3Pt. The molecule has 1 N–H and O–H groups in total. The first-order chi connectivity index (χ1) is 7.43. The summed E-state index contributed by atoms with van der Waals surface area (Å²) in [5, 5.41) is 0. The third-order valence-corrected chi connectivity index (χ3v) is 2.30. The minimum Gasteiger partial charge on any atom is -0.337 e. The van der Waals surface area contributed by atoms with Gasteiger partial charge in [-0.15, -0.1) is 0 Å². The molecule has 3 nitrogen and oxygen atoms in total. The van der Waals surface area contributed by atoms with E-state index < -0.39 is 0 Å². The first-order valence-electron chi connectivity index (χ1n) is 4.80. The molecule has 0 radical (unpaired) electrons. The third-order valence-electron chi connectivity index (χ3n) is 2.30. The van der Waals surface area contributed by atoms with Crippen molar-refractivity contribution >= 4 is 11.0 Å². The summed E-state index contributed by atoms with van der Waals surface area (Å²) in [5.41, 5.74) is 2.88. The van der Waals surface area contributed by atoms with Crippen LogP contribution in [0.5, 0.6) is 0 Å². The zero-order valence-corrected chi connectivity index (χ0v) is 10.6. The van der Waals surface area contributed by atoms with Gasteiger partial charge in [-0.2, -0.15) is 0 Å². The molecule has 1 aromatic carbocycles. The summed E-state index contributed by atoms with van der Waals surface area (Å²) in [7, 11) is 0. The van der Waals surface area contributed by atoms with Crippen LogP contribution in [0.4, 0.5) is 0 Å². The van der Waals surface area contributed by atoms with Crippen LogP contribution in [0.15, 0.2) is 48.7 Å². The van der Waals surface area contributed by atoms with Gasteiger partial charge in [-0.05, 0) is 24.3 Å². The number of fused-ring (bicyclic) bond motifs is 1. The SMILES string of the molecule is [Pt].c1ccc(-c2nc3ccccc3[nH]2)nc1. The van der Waals surface area contributed by atoms with Gasteiger partial charge in [-0.1, -0.05) is 18.2 Å². The second-order valence-electron chi connectivity index (χ2n) is 3.32. The quantitative estimate of drug-likeness (QED) is 0.694. The summed E-state index contributed by atoms with van der Waals surface area (Å²) in [6, 6.07) is 13.8. The fourth-order valence-electron chi connectivity index (χ4n) is 1.58. The average molecular weight is 390 g/mol. The number of hydrogen-bond donors (Lipinski definition) is 1. The standard InChI is InChI=1S/C12H9N3.Pt/c1-2-6-10-9(5-1)14-12(15-10)11-7-3-4-8-13-11;/h1-8H,(H,14,15);. The number of benzene rings is 1. The maximum Gasteiger partial charge on any atom is 0.157 e. The van der Waals surface area contributed by atoms with Crippen LogP contribution in [-0.2, 0) is 21.1 Å². The summed E-state index contributed by atoms with van der Waals surface area (Å²) in [5.74, 6) is 0.816. The molecule has 0 unspecified atom stereocenters. The maximum absolute atomic E-state index is 4.46. The number of aromatic nitrogens is 3. The molecule has 2 aromatic heterocycles. The van der Waals surface area contributed by atoms with E-state index in [4.69, 9.17) is 0 Å². The summed E-state index contributed by atoms with van der Waals surface area (Å²) in [6.45, 7) is 0. The van der Waals surface area contributed by atoms with E-state index in [0.29, 0.717) is 0 Å². The zero-order chi connectivity index (χ0) is 10.1. The first-order valence-corrected chi connectivity index (χ1v) is 4.80. The molecule has 0 saturated heterocycles. The van der Waals surface area contributed by atoms with Crippen LogP contribution >= 0.6 is 0 Å². The van der Waals surface area contributed by atoms with E-state index in [-0.39, 0.29) is 21.1 Å². The van der Waals surface area contributed by atoms with Gasteiger partial charge in [0.2, 0.25) is 0 Å². The van der Waals surface area contributed by atoms with Gasteiger partial charge in [0.1, 0.15) is 5.69 Å². The Hall–Kier alpha value is -1.47. The number of H-pyrrole nitrogens is 1. The predicted octanol–water partition coefficient (Wildman–Crippen LogP) is 2.62. The maximum atomic E-state index is 4.46. The largest absolute Gasteiger partial charge is 0.337 e. The summed E-state index contributed by atoms with van der Waals surface area (Å²) in [4.78, 5) is 12.0. The van der Waals surface area contributed by atoms with Gasteiger partial charge in [0.25, 0.3) is 0 Å². The monoisotopic (exact) mass is 390 g/mol. The molecule has 0 saturated carbocycles. The molecule has 0 aliphatic carbocycles. The Kier molecular flexibility index (Phi) is 3.16. The van der Waals surface area contributed by atoms with Crippen LogP contribution in [0.25, 0.3) is 22.6 Å². The molecule has 3 aromatic rings. The average Bonchev–Trinajstić information content (AvgIpc) is 2.74. The molecular weight excluding hydrogens is 381 g/mol. The number of nitrogens with one attached hydrogen (secondary N) is 1. The predicted molar refractivity (Wildman–Crippen MR) is 59.3 cm³/mol. The van der Waals surface area contributed by atoms with Crippen molar-refractivity contribution in [3.8, 4) is 11.5 Å². The van der Waals surface area contributed by atoms with E-state index in [1.54, 1.807) is 6.20 Å². The molecule has 0 amide bonds. The molecule has 2 heterocycles. The number of aromatic amines is 1. The Labute approximate surface area is 107 Å². The van der Waals surface area contributed by atoms with Crippen LogP contribution in [0.1, 0.15) is 0 Å². The van der Waals surface area contributed by atoms with E-state index in [2.05, 4.69) is 15.0 Å². The fraction of sp³-hybridized carbons (Fsp3) is 0. The van der Waals surface area contributed by atoms with Crippen LogP contribution in [0.2, 0.25) is 0 Å². The zero-order valence-electron chi connectivity index (χ0n) is 8.33. The second kappa shape index (κ2) is 4.58. The van der Waals surface area contributed by atoms with Crippen LogP contribution in [0.3, 0.4) is 0 Å².